The van der Waals surface area contributed by atoms with Crippen LogP contribution < -0.4 is 0 Å². The van der Waals surface area contributed by atoms with Crippen LogP contribution in [0.4, 0.5) is 0 Å². The zero-order chi connectivity index (χ0) is 15.0. The lowest BCUT2D eigenvalue weighted by atomic mass is 10.2. The summed E-state index contributed by atoms with van der Waals surface area (Å²) in [4.78, 5) is 8.42. The first-order valence-electron chi connectivity index (χ1n) is 7.13. The Morgan fingerprint density at radius 1 is 1.35 bits per heavy atom. The third-order valence-electron chi connectivity index (χ3n) is 4.34. The minimum absolute atomic E-state index is 0.244. The van der Waals surface area contributed by atoms with Crippen LogP contribution in [0.25, 0.3) is 11.0 Å². The summed E-state index contributed by atoms with van der Waals surface area (Å²) in [7, 11) is -1.69. The molecule has 0 saturated heterocycles. The maximum absolute atomic E-state index is 6.30. The van der Waals surface area contributed by atoms with Crippen LogP contribution in [-0.4, -0.2) is 29.5 Å². The van der Waals surface area contributed by atoms with Crippen molar-refractivity contribution in [2.75, 3.05) is 6.61 Å². The lowest BCUT2D eigenvalue weighted by Crippen LogP contribution is -2.41. The topological polar surface area (TPSA) is 39.9 Å². The summed E-state index contributed by atoms with van der Waals surface area (Å²) < 4.78 is 8.47. The van der Waals surface area contributed by atoms with Gasteiger partial charge in [-0.15, -0.1) is 0 Å². The van der Waals surface area contributed by atoms with Crippen LogP contribution in [0.1, 0.15) is 33.7 Å². The first kappa shape index (κ1) is 15.2. The van der Waals surface area contributed by atoms with E-state index in [2.05, 4.69) is 67.6 Å². The fraction of sp³-hybridized carbons (Fsp3) is 0.600. The van der Waals surface area contributed by atoms with Crippen molar-refractivity contribution in [2.45, 2.75) is 51.9 Å². The summed E-state index contributed by atoms with van der Waals surface area (Å²) in [6.07, 6.45) is 5.51. The number of hydrogen-bond donors (Lipinski definition) is 0. The van der Waals surface area contributed by atoms with Crippen molar-refractivity contribution >= 4 is 19.4 Å². The predicted molar refractivity (Wildman–Crippen MR) is 85.4 cm³/mol. The van der Waals surface area contributed by atoms with E-state index in [1.165, 1.54) is 0 Å². The minimum Gasteiger partial charge on any atom is -0.415 e. The zero-order valence-corrected chi connectivity index (χ0v) is 14.3. The highest BCUT2D eigenvalue weighted by atomic mass is 28.4. The molecule has 0 aliphatic rings. The van der Waals surface area contributed by atoms with Gasteiger partial charge in [0.15, 0.2) is 8.32 Å². The number of rotatable bonds is 4. The van der Waals surface area contributed by atoms with Crippen LogP contribution in [-0.2, 0) is 4.43 Å². The number of nitrogens with zero attached hydrogens (tertiary/aromatic N) is 3. The van der Waals surface area contributed by atoms with E-state index in [-0.39, 0.29) is 11.1 Å². The highest BCUT2D eigenvalue weighted by Gasteiger charge is 2.37. The number of aromatic nitrogens is 3. The highest BCUT2D eigenvalue weighted by molar-refractivity contribution is 6.74. The second kappa shape index (κ2) is 5.29. The van der Waals surface area contributed by atoms with E-state index in [4.69, 9.17) is 4.43 Å². The fourth-order valence-electron chi connectivity index (χ4n) is 1.88. The van der Waals surface area contributed by atoms with E-state index in [1.54, 1.807) is 6.33 Å². The molecule has 0 N–H and O–H groups in total. The molecule has 0 amide bonds. The molecule has 0 bridgehead atoms. The molecular weight excluding hydrogens is 266 g/mol. The molecule has 4 nitrogen and oxygen atoms in total. The SMILES string of the molecule is C[C@@H](CO[Si](C)(C)C(C)(C)C)n1ccc2cncnc21. The van der Waals surface area contributed by atoms with Gasteiger partial charge in [0.25, 0.3) is 0 Å². The van der Waals surface area contributed by atoms with Gasteiger partial charge in [-0.2, -0.15) is 0 Å². The van der Waals surface area contributed by atoms with Gasteiger partial charge in [-0.05, 0) is 31.1 Å². The lowest BCUT2D eigenvalue weighted by molar-refractivity contribution is 0.241. The molecule has 0 fully saturated rings. The molecule has 2 aromatic rings. The molecule has 0 radical (unpaired) electrons. The summed E-state index contributed by atoms with van der Waals surface area (Å²) in [6, 6.07) is 2.33. The maximum Gasteiger partial charge on any atom is 0.192 e. The predicted octanol–water partition coefficient (Wildman–Crippen LogP) is 4.01. The summed E-state index contributed by atoms with van der Waals surface area (Å²) >= 11 is 0. The minimum atomic E-state index is -1.69. The van der Waals surface area contributed by atoms with Crippen molar-refractivity contribution in [1.82, 2.24) is 14.5 Å². The van der Waals surface area contributed by atoms with Crippen molar-refractivity contribution in [3.63, 3.8) is 0 Å². The first-order chi connectivity index (χ1) is 9.22. The quantitative estimate of drug-likeness (QED) is 0.799. The molecule has 0 saturated carbocycles. The molecule has 2 heterocycles. The fourth-order valence-corrected chi connectivity index (χ4v) is 2.97. The van der Waals surface area contributed by atoms with Gasteiger partial charge in [-0.1, -0.05) is 20.8 Å². The van der Waals surface area contributed by atoms with Crippen molar-refractivity contribution in [2.24, 2.45) is 0 Å². The number of hydrogen-bond acceptors (Lipinski definition) is 3. The Labute approximate surface area is 122 Å². The first-order valence-corrected chi connectivity index (χ1v) is 10.0. The monoisotopic (exact) mass is 291 g/mol. The van der Waals surface area contributed by atoms with Crippen LogP contribution in [0.15, 0.2) is 24.8 Å². The van der Waals surface area contributed by atoms with Crippen LogP contribution in [0.2, 0.25) is 18.1 Å². The van der Waals surface area contributed by atoms with Crippen molar-refractivity contribution in [3.05, 3.63) is 24.8 Å². The average Bonchev–Trinajstić information content (AvgIpc) is 2.78. The summed E-state index contributed by atoms with van der Waals surface area (Å²) in [5.41, 5.74) is 0.978. The molecule has 0 aliphatic heterocycles. The Morgan fingerprint density at radius 2 is 2.05 bits per heavy atom. The smallest absolute Gasteiger partial charge is 0.192 e. The molecule has 20 heavy (non-hydrogen) atoms. The van der Waals surface area contributed by atoms with Crippen LogP contribution in [0.3, 0.4) is 0 Å². The molecule has 1 atom stereocenters. The van der Waals surface area contributed by atoms with Crippen LogP contribution in [0, 0.1) is 0 Å². The van der Waals surface area contributed by atoms with Gasteiger partial charge in [0.05, 0.1) is 12.6 Å². The Bertz CT molecular complexity index is 586. The standard InChI is InChI=1S/C15H25N3OSi/c1-12(10-19-20(5,6)15(2,3)4)18-8-7-13-9-16-11-17-14(13)18/h7-9,11-12H,10H2,1-6H3/t12-/m0/s1. The third-order valence-corrected chi connectivity index (χ3v) is 8.84. The lowest BCUT2D eigenvalue weighted by Gasteiger charge is -2.37. The second-order valence-electron chi connectivity index (χ2n) is 6.95. The summed E-state index contributed by atoms with van der Waals surface area (Å²) in [6.45, 7) is 14.3. The van der Waals surface area contributed by atoms with E-state index in [0.717, 1.165) is 17.6 Å². The van der Waals surface area contributed by atoms with Crippen molar-refractivity contribution in [3.8, 4) is 0 Å². The van der Waals surface area contributed by atoms with Crippen molar-refractivity contribution in [1.29, 1.82) is 0 Å². The normalized spacial score (nSPS) is 14.7. The van der Waals surface area contributed by atoms with E-state index >= 15 is 0 Å². The maximum atomic E-state index is 6.30. The zero-order valence-electron chi connectivity index (χ0n) is 13.3. The van der Waals surface area contributed by atoms with Gasteiger partial charge < -0.3 is 8.99 Å². The van der Waals surface area contributed by atoms with E-state index in [9.17, 15) is 0 Å². The Balaban J connectivity index is 2.11. The van der Waals surface area contributed by atoms with Gasteiger partial charge in [-0.25, -0.2) is 9.97 Å². The molecular formula is C15H25N3OSi. The second-order valence-corrected chi connectivity index (χ2v) is 11.8. The average molecular weight is 291 g/mol. The van der Waals surface area contributed by atoms with E-state index in [0.29, 0.717) is 0 Å². The van der Waals surface area contributed by atoms with Gasteiger partial charge >= 0.3 is 0 Å². The van der Waals surface area contributed by atoms with Crippen molar-refractivity contribution < 1.29 is 4.43 Å². The molecule has 110 valence electrons. The molecule has 0 aromatic carbocycles. The van der Waals surface area contributed by atoms with E-state index < -0.39 is 8.32 Å². The molecule has 0 spiro atoms. The molecule has 2 rings (SSSR count). The largest absolute Gasteiger partial charge is 0.415 e. The van der Waals surface area contributed by atoms with Crippen LogP contribution in [0.5, 0.6) is 0 Å². The third kappa shape index (κ3) is 2.93. The highest BCUT2D eigenvalue weighted by Crippen LogP contribution is 2.37. The van der Waals surface area contributed by atoms with Gasteiger partial charge in [0, 0.05) is 17.8 Å². The Morgan fingerprint density at radius 3 is 2.70 bits per heavy atom. The Kier molecular flexibility index (Phi) is 4.02. The summed E-state index contributed by atoms with van der Waals surface area (Å²) in [5.74, 6) is 0. The molecule has 0 aliphatic carbocycles. The van der Waals surface area contributed by atoms with Gasteiger partial charge in [0.2, 0.25) is 0 Å². The molecule has 0 unspecified atom stereocenters. The number of fused-ring (bicyclic) bond motifs is 1. The van der Waals surface area contributed by atoms with Gasteiger partial charge in [0.1, 0.15) is 12.0 Å². The molecule has 2 aromatic heterocycles. The molecule has 5 heteroatoms. The summed E-state index contributed by atoms with van der Waals surface area (Å²) in [5, 5.41) is 1.32. The van der Waals surface area contributed by atoms with Gasteiger partial charge in [-0.3, -0.25) is 0 Å². The van der Waals surface area contributed by atoms with Crippen LogP contribution >= 0.6 is 0 Å². The Hall–Kier alpha value is -1.20. The van der Waals surface area contributed by atoms with E-state index in [1.807, 2.05) is 6.20 Å².